The maximum Gasteiger partial charge on any atom is 0.221 e. The number of hydrogen-bond donors (Lipinski definition) is 2. The number of benzene rings is 2. The van der Waals surface area contributed by atoms with Crippen molar-refractivity contribution in [2.75, 3.05) is 14.2 Å². The van der Waals surface area contributed by atoms with Crippen molar-refractivity contribution in [2.45, 2.75) is 37.8 Å². The lowest BCUT2D eigenvalue weighted by Crippen LogP contribution is -2.34. The number of carbonyl (C=O) groups excluding carboxylic acids is 1. The molecule has 1 aliphatic rings. The Hall–Kier alpha value is -2.53. The van der Waals surface area contributed by atoms with Crippen LogP contribution in [0.4, 0.5) is 0 Å². The zero-order valence-corrected chi connectivity index (χ0v) is 16.0. The van der Waals surface area contributed by atoms with Gasteiger partial charge in [0.05, 0.1) is 20.3 Å². The van der Waals surface area contributed by atoms with E-state index < -0.39 is 0 Å². The molecule has 0 unspecified atom stereocenters. The SMILES string of the molecule is COc1cccc(C(NC(=O)C[C@@H]2CCC[C@H]2N)c2cccc(OC)c2)c1. The maximum atomic E-state index is 12.8. The van der Waals surface area contributed by atoms with Crippen molar-refractivity contribution < 1.29 is 14.3 Å². The van der Waals surface area contributed by atoms with Crippen molar-refractivity contribution in [1.82, 2.24) is 5.32 Å². The summed E-state index contributed by atoms with van der Waals surface area (Å²) in [5.74, 6) is 1.80. The van der Waals surface area contributed by atoms with Gasteiger partial charge in [-0.3, -0.25) is 4.79 Å². The van der Waals surface area contributed by atoms with E-state index in [1.165, 1.54) is 0 Å². The van der Waals surface area contributed by atoms with Crippen LogP contribution in [0.5, 0.6) is 11.5 Å². The molecule has 2 atom stereocenters. The highest BCUT2D eigenvalue weighted by molar-refractivity contribution is 5.77. The van der Waals surface area contributed by atoms with Crippen LogP contribution in [0.1, 0.15) is 42.9 Å². The smallest absolute Gasteiger partial charge is 0.221 e. The summed E-state index contributed by atoms with van der Waals surface area (Å²) in [6.45, 7) is 0. The van der Waals surface area contributed by atoms with E-state index in [0.717, 1.165) is 41.9 Å². The number of hydrogen-bond acceptors (Lipinski definition) is 4. The molecule has 0 aliphatic heterocycles. The fourth-order valence-electron chi connectivity index (χ4n) is 3.78. The third-order valence-corrected chi connectivity index (χ3v) is 5.33. The van der Waals surface area contributed by atoms with Gasteiger partial charge in [0.1, 0.15) is 11.5 Å². The summed E-state index contributed by atoms with van der Waals surface area (Å²) in [6.07, 6.45) is 3.60. The minimum atomic E-state index is -0.277. The Morgan fingerprint density at radius 2 is 1.67 bits per heavy atom. The second-order valence-corrected chi connectivity index (χ2v) is 7.11. The molecule has 0 spiro atoms. The lowest BCUT2D eigenvalue weighted by Gasteiger charge is -2.23. The summed E-state index contributed by atoms with van der Waals surface area (Å²) >= 11 is 0. The zero-order chi connectivity index (χ0) is 19.2. The maximum absolute atomic E-state index is 12.8. The van der Waals surface area contributed by atoms with Gasteiger partial charge in [-0.1, -0.05) is 30.7 Å². The molecule has 5 heteroatoms. The molecule has 0 radical (unpaired) electrons. The molecule has 0 bridgehead atoms. The van der Waals surface area contributed by atoms with Gasteiger partial charge in [0.15, 0.2) is 0 Å². The molecule has 5 nitrogen and oxygen atoms in total. The van der Waals surface area contributed by atoms with Crippen molar-refractivity contribution in [2.24, 2.45) is 11.7 Å². The molecule has 1 aliphatic carbocycles. The number of methoxy groups -OCH3 is 2. The molecule has 2 aromatic carbocycles. The highest BCUT2D eigenvalue weighted by atomic mass is 16.5. The highest BCUT2D eigenvalue weighted by Crippen LogP contribution is 2.30. The number of amides is 1. The number of nitrogens with two attached hydrogens (primary N) is 1. The van der Waals surface area contributed by atoms with E-state index in [1.54, 1.807) is 14.2 Å². The second-order valence-electron chi connectivity index (χ2n) is 7.11. The summed E-state index contributed by atoms with van der Waals surface area (Å²) in [5, 5.41) is 3.19. The van der Waals surface area contributed by atoms with Gasteiger partial charge in [0.25, 0.3) is 0 Å². The first-order valence-corrected chi connectivity index (χ1v) is 9.43. The quantitative estimate of drug-likeness (QED) is 0.785. The van der Waals surface area contributed by atoms with E-state index in [9.17, 15) is 4.79 Å². The van der Waals surface area contributed by atoms with Crippen molar-refractivity contribution >= 4 is 5.91 Å². The lowest BCUT2D eigenvalue weighted by atomic mass is 9.96. The number of rotatable bonds is 7. The topological polar surface area (TPSA) is 73.6 Å². The van der Waals surface area contributed by atoms with Crippen molar-refractivity contribution in [1.29, 1.82) is 0 Å². The van der Waals surface area contributed by atoms with Crippen molar-refractivity contribution in [3.05, 3.63) is 59.7 Å². The second kappa shape index (κ2) is 8.91. The molecule has 1 amide bonds. The van der Waals surface area contributed by atoms with E-state index in [4.69, 9.17) is 15.2 Å². The monoisotopic (exact) mass is 368 g/mol. The number of nitrogens with one attached hydrogen (secondary N) is 1. The number of ether oxygens (including phenoxy) is 2. The summed E-state index contributed by atoms with van der Waals surface area (Å²) in [7, 11) is 3.28. The van der Waals surface area contributed by atoms with Crippen molar-refractivity contribution in [3.63, 3.8) is 0 Å². The molecule has 2 aromatic rings. The van der Waals surface area contributed by atoms with Crippen LogP contribution in [0, 0.1) is 5.92 Å². The normalized spacial score (nSPS) is 19.1. The van der Waals surface area contributed by atoms with Gasteiger partial charge in [0.2, 0.25) is 5.91 Å². The predicted molar refractivity (Wildman–Crippen MR) is 106 cm³/mol. The van der Waals surface area contributed by atoms with Crippen LogP contribution >= 0.6 is 0 Å². The van der Waals surface area contributed by atoms with Crippen LogP contribution in [0.3, 0.4) is 0 Å². The zero-order valence-electron chi connectivity index (χ0n) is 16.0. The third-order valence-electron chi connectivity index (χ3n) is 5.33. The molecule has 1 saturated carbocycles. The molecule has 0 heterocycles. The van der Waals surface area contributed by atoms with E-state index in [2.05, 4.69) is 5.32 Å². The van der Waals surface area contributed by atoms with Gasteiger partial charge < -0.3 is 20.5 Å². The van der Waals surface area contributed by atoms with E-state index in [0.29, 0.717) is 6.42 Å². The van der Waals surface area contributed by atoms with Gasteiger partial charge >= 0.3 is 0 Å². The first-order chi connectivity index (χ1) is 13.1. The molecular formula is C22H28N2O3. The minimum Gasteiger partial charge on any atom is -0.497 e. The predicted octanol–water partition coefficient (Wildman–Crippen LogP) is 3.43. The fraction of sp³-hybridized carbons (Fsp3) is 0.409. The Labute approximate surface area is 160 Å². The Bertz CT molecular complexity index is 730. The van der Waals surface area contributed by atoms with E-state index in [1.807, 2.05) is 48.5 Å². The summed E-state index contributed by atoms with van der Waals surface area (Å²) < 4.78 is 10.7. The molecule has 1 fully saturated rings. The molecule has 0 saturated heterocycles. The molecule has 3 N–H and O–H groups in total. The van der Waals surface area contributed by atoms with Crippen LogP contribution in [-0.2, 0) is 4.79 Å². The lowest BCUT2D eigenvalue weighted by molar-refractivity contribution is -0.122. The van der Waals surface area contributed by atoms with Crippen LogP contribution < -0.4 is 20.5 Å². The van der Waals surface area contributed by atoms with Gasteiger partial charge in [-0.05, 0) is 54.2 Å². The van der Waals surface area contributed by atoms with Crippen LogP contribution in [0.15, 0.2) is 48.5 Å². The van der Waals surface area contributed by atoms with Crippen molar-refractivity contribution in [3.8, 4) is 11.5 Å². The van der Waals surface area contributed by atoms with Gasteiger partial charge in [-0.2, -0.15) is 0 Å². The number of carbonyl (C=O) groups is 1. The van der Waals surface area contributed by atoms with Crippen LogP contribution in [-0.4, -0.2) is 26.2 Å². The average molecular weight is 368 g/mol. The standard InChI is InChI=1S/C22H28N2O3/c1-26-18-9-3-7-16(12-18)22(17-8-4-10-19(13-17)27-2)24-21(25)14-15-6-5-11-20(15)23/h3-4,7-10,12-13,15,20,22H,5-6,11,14,23H2,1-2H3,(H,24,25)/t15-,20+/m0/s1. The van der Waals surface area contributed by atoms with Gasteiger partial charge in [0, 0.05) is 12.5 Å². The Morgan fingerprint density at radius 3 is 2.15 bits per heavy atom. The first-order valence-electron chi connectivity index (χ1n) is 9.43. The molecular weight excluding hydrogens is 340 g/mol. The average Bonchev–Trinajstić information content (AvgIpc) is 3.10. The summed E-state index contributed by atoms with van der Waals surface area (Å²) in [6, 6.07) is 15.4. The fourth-order valence-corrected chi connectivity index (χ4v) is 3.78. The Kier molecular flexibility index (Phi) is 6.35. The largest absolute Gasteiger partial charge is 0.497 e. The van der Waals surface area contributed by atoms with E-state index >= 15 is 0 Å². The van der Waals surface area contributed by atoms with E-state index in [-0.39, 0.29) is 23.9 Å². The molecule has 144 valence electrons. The Balaban J connectivity index is 1.85. The minimum absolute atomic E-state index is 0.0213. The molecule has 0 aromatic heterocycles. The third kappa shape index (κ3) is 4.80. The highest BCUT2D eigenvalue weighted by Gasteiger charge is 2.27. The molecule has 3 rings (SSSR count). The van der Waals surface area contributed by atoms with Crippen LogP contribution in [0.2, 0.25) is 0 Å². The molecule has 27 heavy (non-hydrogen) atoms. The summed E-state index contributed by atoms with van der Waals surface area (Å²) in [4.78, 5) is 12.8. The van der Waals surface area contributed by atoms with Gasteiger partial charge in [-0.15, -0.1) is 0 Å². The first kappa shape index (κ1) is 19.2. The Morgan fingerprint density at radius 1 is 1.07 bits per heavy atom. The summed E-state index contributed by atoms with van der Waals surface area (Å²) in [5.41, 5.74) is 8.07. The van der Waals surface area contributed by atoms with Gasteiger partial charge in [-0.25, -0.2) is 0 Å². The van der Waals surface area contributed by atoms with Crippen LogP contribution in [0.25, 0.3) is 0 Å².